The summed E-state index contributed by atoms with van der Waals surface area (Å²) >= 11 is 1.55. The topological polar surface area (TPSA) is 84.8 Å². The first-order valence-electron chi connectivity index (χ1n) is 12.6. The molecule has 0 bridgehead atoms. The van der Waals surface area contributed by atoms with Gasteiger partial charge in [0.1, 0.15) is 17.3 Å². The Morgan fingerprint density at radius 3 is 2.64 bits per heavy atom. The first-order valence-corrected chi connectivity index (χ1v) is 13.5. The molecule has 1 aliphatic heterocycles. The largest absolute Gasteiger partial charge is 0.497 e. The minimum absolute atomic E-state index is 0.0942. The highest BCUT2D eigenvalue weighted by molar-refractivity contribution is 7.15. The van der Waals surface area contributed by atoms with E-state index in [1.807, 2.05) is 40.1 Å². The molecule has 1 fully saturated rings. The monoisotopic (exact) mass is 550 g/mol. The Morgan fingerprint density at radius 2 is 1.87 bits per heavy atom. The molecule has 0 aliphatic carbocycles. The first kappa shape index (κ1) is 26.6. The fourth-order valence-electron chi connectivity index (χ4n) is 4.52. The number of amides is 1. The zero-order valence-corrected chi connectivity index (χ0v) is 22.8. The number of hydrogen-bond acceptors (Lipinski definition) is 8. The molecule has 9 nitrogen and oxygen atoms in total. The number of halogens is 1. The number of nitrogens with one attached hydrogen (secondary N) is 1. The molecule has 204 valence electrons. The predicted octanol–water partition coefficient (Wildman–Crippen LogP) is 4.00. The number of nitrogens with zero attached hydrogens (tertiary/aromatic N) is 5. The number of piperazine rings is 1. The van der Waals surface area contributed by atoms with E-state index in [0.29, 0.717) is 39.3 Å². The van der Waals surface area contributed by atoms with Crippen molar-refractivity contribution in [2.75, 3.05) is 39.2 Å². The van der Waals surface area contributed by atoms with E-state index in [4.69, 9.17) is 9.47 Å². The number of aromatic nitrogens is 3. The van der Waals surface area contributed by atoms with Crippen molar-refractivity contribution in [2.45, 2.75) is 26.2 Å². The summed E-state index contributed by atoms with van der Waals surface area (Å²) in [6.45, 7) is 4.11. The van der Waals surface area contributed by atoms with Crippen molar-refractivity contribution < 1.29 is 18.7 Å². The van der Waals surface area contributed by atoms with Crippen molar-refractivity contribution in [2.24, 2.45) is 0 Å². The number of carbonyl (C=O) groups is 1. The van der Waals surface area contributed by atoms with Crippen LogP contribution in [0.3, 0.4) is 0 Å². The number of rotatable bonds is 11. The number of anilines is 1. The molecule has 1 amide bonds. The van der Waals surface area contributed by atoms with Gasteiger partial charge in [-0.05, 0) is 29.8 Å². The molecule has 0 saturated carbocycles. The van der Waals surface area contributed by atoms with Gasteiger partial charge in [0.25, 0.3) is 0 Å². The second-order valence-corrected chi connectivity index (χ2v) is 10.4. The number of thiazole rings is 1. The van der Waals surface area contributed by atoms with Crippen molar-refractivity contribution in [3.05, 3.63) is 88.7 Å². The lowest BCUT2D eigenvalue weighted by Crippen LogP contribution is -2.49. The molecule has 39 heavy (non-hydrogen) atoms. The summed E-state index contributed by atoms with van der Waals surface area (Å²) in [6, 6.07) is 12.2. The van der Waals surface area contributed by atoms with Crippen molar-refractivity contribution >= 4 is 22.4 Å². The van der Waals surface area contributed by atoms with Crippen LogP contribution in [-0.4, -0.2) is 64.1 Å². The number of ether oxygens (including phenoxy) is 2. The normalized spacial score (nSPS) is 14.0. The SMILES string of the molecule is COc1ccc(CNc2ncc(CN3CCN(Cc4cncn4Cc4ccc(F)cc4)CC3=O)s2)c(OC)c1. The summed E-state index contributed by atoms with van der Waals surface area (Å²) in [6.07, 6.45) is 5.43. The fourth-order valence-corrected chi connectivity index (χ4v) is 5.34. The molecule has 5 rings (SSSR count). The van der Waals surface area contributed by atoms with Gasteiger partial charge in [0.2, 0.25) is 5.91 Å². The number of methoxy groups -OCH3 is 2. The lowest BCUT2D eigenvalue weighted by Gasteiger charge is -2.34. The molecule has 1 aliphatic rings. The maximum Gasteiger partial charge on any atom is 0.237 e. The standard InChI is InChI=1S/C28H31FN6O3S/c1-37-24-8-5-21(26(11-24)38-2)12-31-28-32-14-25(39-28)17-34-10-9-33(18-27(34)36)16-23-13-30-19-35(23)15-20-3-6-22(29)7-4-20/h3-8,11,13-14,19H,9-10,12,15-18H2,1-2H3,(H,31,32). The second kappa shape index (κ2) is 12.3. The third-order valence-electron chi connectivity index (χ3n) is 6.67. The maximum absolute atomic E-state index is 13.2. The zero-order valence-electron chi connectivity index (χ0n) is 22.0. The van der Waals surface area contributed by atoms with Crippen LogP contribution < -0.4 is 14.8 Å². The summed E-state index contributed by atoms with van der Waals surface area (Å²) in [5.74, 6) is 1.34. The summed E-state index contributed by atoms with van der Waals surface area (Å²) in [5, 5.41) is 4.14. The predicted molar refractivity (Wildman–Crippen MR) is 147 cm³/mol. The van der Waals surface area contributed by atoms with E-state index >= 15 is 0 Å². The Hall–Kier alpha value is -3.96. The zero-order chi connectivity index (χ0) is 27.2. The number of hydrogen-bond donors (Lipinski definition) is 1. The third-order valence-corrected chi connectivity index (χ3v) is 7.61. The van der Waals surface area contributed by atoms with Gasteiger partial charge in [0.15, 0.2) is 5.13 Å². The summed E-state index contributed by atoms with van der Waals surface area (Å²) in [5.41, 5.74) is 3.02. The summed E-state index contributed by atoms with van der Waals surface area (Å²) < 4.78 is 26.0. The van der Waals surface area contributed by atoms with Gasteiger partial charge in [-0.2, -0.15) is 0 Å². The number of benzene rings is 2. The molecule has 0 spiro atoms. The van der Waals surface area contributed by atoms with Crippen LogP contribution in [0.1, 0.15) is 21.7 Å². The van der Waals surface area contributed by atoms with Crippen molar-refractivity contribution in [3.8, 4) is 11.5 Å². The second-order valence-electron chi connectivity index (χ2n) is 9.33. The van der Waals surface area contributed by atoms with E-state index in [-0.39, 0.29) is 11.7 Å². The Balaban J connectivity index is 1.12. The fraction of sp³-hybridized carbons (Fsp3) is 0.321. The van der Waals surface area contributed by atoms with Gasteiger partial charge >= 0.3 is 0 Å². The number of carbonyl (C=O) groups excluding carboxylic acids is 1. The van der Waals surface area contributed by atoms with Gasteiger partial charge in [-0.25, -0.2) is 14.4 Å². The summed E-state index contributed by atoms with van der Waals surface area (Å²) in [7, 11) is 3.26. The van der Waals surface area contributed by atoms with Crippen LogP contribution in [-0.2, 0) is 31.0 Å². The van der Waals surface area contributed by atoms with Crippen LogP contribution in [0.15, 0.2) is 61.2 Å². The smallest absolute Gasteiger partial charge is 0.237 e. The highest BCUT2D eigenvalue weighted by Gasteiger charge is 2.25. The van der Waals surface area contributed by atoms with E-state index in [0.717, 1.165) is 44.9 Å². The summed E-state index contributed by atoms with van der Waals surface area (Å²) in [4.78, 5) is 26.8. The molecule has 1 N–H and O–H groups in total. The van der Waals surface area contributed by atoms with Crippen LogP contribution >= 0.6 is 11.3 Å². The van der Waals surface area contributed by atoms with Crippen molar-refractivity contribution in [3.63, 3.8) is 0 Å². The molecular weight excluding hydrogens is 519 g/mol. The average molecular weight is 551 g/mol. The quantitative estimate of drug-likeness (QED) is 0.302. The molecule has 2 aromatic carbocycles. The van der Waals surface area contributed by atoms with E-state index in [9.17, 15) is 9.18 Å². The van der Waals surface area contributed by atoms with E-state index < -0.39 is 0 Å². The highest BCUT2D eigenvalue weighted by Crippen LogP contribution is 2.27. The Bertz CT molecular complexity index is 1410. The minimum atomic E-state index is -0.249. The molecule has 2 aromatic heterocycles. The molecule has 0 radical (unpaired) electrons. The van der Waals surface area contributed by atoms with Gasteiger partial charge in [0, 0.05) is 61.6 Å². The van der Waals surface area contributed by atoms with E-state index in [2.05, 4.69) is 20.2 Å². The molecule has 3 heterocycles. The van der Waals surface area contributed by atoms with Gasteiger partial charge in [-0.15, -0.1) is 11.3 Å². The van der Waals surface area contributed by atoms with Crippen LogP contribution in [0.2, 0.25) is 0 Å². The maximum atomic E-state index is 13.2. The van der Waals surface area contributed by atoms with Gasteiger partial charge in [0.05, 0.1) is 39.3 Å². The van der Waals surface area contributed by atoms with Crippen LogP contribution in [0.5, 0.6) is 11.5 Å². The van der Waals surface area contributed by atoms with Crippen LogP contribution in [0.4, 0.5) is 9.52 Å². The Labute approximate surface area is 230 Å². The molecule has 0 atom stereocenters. The molecule has 11 heteroatoms. The lowest BCUT2D eigenvalue weighted by molar-refractivity contribution is -0.136. The van der Waals surface area contributed by atoms with Crippen LogP contribution in [0.25, 0.3) is 0 Å². The van der Waals surface area contributed by atoms with Crippen molar-refractivity contribution in [1.82, 2.24) is 24.3 Å². The van der Waals surface area contributed by atoms with Gasteiger partial charge in [-0.3, -0.25) is 9.69 Å². The molecular formula is C28H31FN6O3S. The molecule has 0 unspecified atom stereocenters. The van der Waals surface area contributed by atoms with Crippen LogP contribution in [0, 0.1) is 5.82 Å². The van der Waals surface area contributed by atoms with Gasteiger partial charge < -0.3 is 24.3 Å². The molecule has 1 saturated heterocycles. The van der Waals surface area contributed by atoms with Crippen molar-refractivity contribution in [1.29, 1.82) is 0 Å². The Morgan fingerprint density at radius 1 is 1.03 bits per heavy atom. The van der Waals surface area contributed by atoms with E-state index in [1.54, 1.807) is 44.0 Å². The molecule has 4 aromatic rings. The lowest BCUT2D eigenvalue weighted by atomic mass is 10.2. The van der Waals surface area contributed by atoms with E-state index in [1.165, 1.54) is 12.1 Å². The Kier molecular flexibility index (Phi) is 8.38. The first-order chi connectivity index (χ1) is 19.0. The number of imidazole rings is 1. The van der Waals surface area contributed by atoms with Gasteiger partial charge in [-0.1, -0.05) is 12.1 Å². The minimum Gasteiger partial charge on any atom is -0.497 e. The highest BCUT2D eigenvalue weighted by atomic mass is 32.1. The third kappa shape index (κ3) is 6.73. The average Bonchev–Trinajstić information content (AvgIpc) is 3.59.